The molecule has 0 aromatic carbocycles. The summed E-state index contributed by atoms with van der Waals surface area (Å²) in [5.41, 5.74) is 0. The molecular formula is C10H16N2O5. The first kappa shape index (κ1) is 15.1. The Labute approximate surface area is 98.8 Å². The van der Waals surface area contributed by atoms with Crippen molar-refractivity contribution in [3.05, 3.63) is 12.2 Å². The summed E-state index contributed by atoms with van der Waals surface area (Å²) < 4.78 is 5.05. The minimum atomic E-state index is -1.25. The average molecular weight is 244 g/mol. The van der Waals surface area contributed by atoms with Crippen molar-refractivity contribution in [2.45, 2.75) is 13.3 Å². The topological polar surface area (TPSA) is 105 Å². The van der Waals surface area contributed by atoms with Crippen LogP contribution in [0.3, 0.4) is 0 Å². The molecule has 0 radical (unpaired) electrons. The first-order valence-corrected chi connectivity index (χ1v) is 5.13. The molecule has 0 aromatic rings. The summed E-state index contributed by atoms with van der Waals surface area (Å²) in [7, 11) is 0. The van der Waals surface area contributed by atoms with Gasteiger partial charge < -0.3 is 15.2 Å². The zero-order valence-corrected chi connectivity index (χ0v) is 9.56. The van der Waals surface area contributed by atoms with Crippen LogP contribution in [0.25, 0.3) is 0 Å². The Balaban J connectivity index is 3.64. The van der Waals surface area contributed by atoms with Gasteiger partial charge in [0.25, 0.3) is 5.91 Å². The number of imide groups is 1. The molecule has 7 heteroatoms. The van der Waals surface area contributed by atoms with E-state index in [4.69, 9.17) is 9.84 Å². The fourth-order valence-corrected chi connectivity index (χ4v) is 0.865. The van der Waals surface area contributed by atoms with Crippen LogP contribution in [0.5, 0.6) is 0 Å². The molecule has 0 atom stereocenters. The number of hydrogen-bond acceptors (Lipinski definition) is 4. The van der Waals surface area contributed by atoms with Crippen molar-refractivity contribution in [1.82, 2.24) is 10.6 Å². The van der Waals surface area contributed by atoms with E-state index in [2.05, 4.69) is 5.32 Å². The molecule has 0 aromatic heterocycles. The Morgan fingerprint density at radius 1 is 1.29 bits per heavy atom. The number of rotatable bonds is 7. The third kappa shape index (κ3) is 10.4. The number of amides is 3. The maximum Gasteiger partial charge on any atom is 0.328 e. The van der Waals surface area contributed by atoms with Gasteiger partial charge in [0.15, 0.2) is 0 Å². The zero-order chi connectivity index (χ0) is 13.1. The van der Waals surface area contributed by atoms with Gasteiger partial charge in [0.2, 0.25) is 0 Å². The van der Waals surface area contributed by atoms with Crippen LogP contribution in [0.15, 0.2) is 12.2 Å². The van der Waals surface area contributed by atoms with Crippen LogP contribution in [-0.4, -0.2) is 42.8 Å². The molecule has 0 aliphatic rings. The van der Waals surface area contributed by atoms with E-state index in [0.717, 1.165) is 6.08 Å². The molecule has 0 spiro atoms. The van der Waals surface area contributed by atoms with Crippen LogP contribution >= 0.6 is 0 Å². The number of carbonyl (C=O) groups excluding carboxylic acids is 2. The van der Waals surface area contributed by atoms with Gasteiger partial charge in [-0.05, 0) is 13.3 Å². The molecule has 0 unspecified atom stereocenters. The van der Waals surface area contributed by atoms with Gasteiger partial charge in [-0.2, -0.15) is 0 Å². The Hall–Kier alpha value is -1.89. The second kappa shape index (κ2) is 9.34. The Kier molecular flexibility index (Phi) is 8.31. The van der Waals surface area contributed by atoms with Gasteiger partial charge in [-0.25, -0.2) is 9.59 Å². The van der Waals surface area contributed by atoms with Gasteiger partial charge in [0.1, 0.15) is 0 Å². The highest BCUT2D eigenvalue weighted by Gasteiger charge is 2.03. The van der Waals surface area contributed by atoms with Crippen molar-refractivity contribution in [3.8, 4) is 0 Å². The van der Waals surface area contributed by atoms with E-state index >= 15 is 0 Å². The van der Waals surface area contributed by atoms with Crippen molar-refractivity contribution in [2.24, 2.45) is 0 Å². The number of carboxylic acids is 1. The number of carbonyl (C=O) groups is 3. The lowest BCUT2D eigenvalue weighted by Crippen LogP contribution is -2.39. The van der Waals surface area contributed by atoms with E-state index in [1.165, 1.54) is 0 Å². The zero-order valence-electron chi connectivity index (χ0n) is 9.56. The van der Waals surface area contributed by atoms with Gasteiger partial charge in [-0.15, -0.1) is 0 Å². The highest BCUT2D eigenvalue weighted by molar-refractivity contribution is 6.02. The smallest absolute Gasteiger partial charge is 0.328 e. The van der Waals surface area contributed by atoms with Gasteiger partial charge in [0, 0.05) is 31.9 Å². The normalized spacial score (nSPS) is 10.2. The Morgan fingerprint density at radius 2 is 2.00 bits per heavy atom. The summed E-state index contributed by atoms with van der Waals surface area (Å²) in [4.78, 5) is 32.1. The number of hydrogen-bond donors (Lipinski definition) is 3. The number of carboxylic acid groups (broad SMARTS) is 1. The first-order valence-electron chi connectivity index (χ1n) is 5.13. The van der Waals surface area contributed by atoms with Crippen molar-refractivity contribution in [1.29, 1.82) is 0 Å². The number of urea groups is 1. The molecule has 0 rings (SSSR count). The van der Waals surface area contributed by atoms with Gasteiger partial charge >= 0.3 is 12.0 Å². The quantitative estimate of drug-likeness (QED) is 0.427. The Bertz CT molecular complexity index is 301. The van der Waals surface area contributed by atoms with Crippen LogP contribution in [0.1, 0.15) is 13.3 Å². The van der Waals surface area contributed by atoms with Crippen molar-refractivity contribution in [2.75, 3.05) is 19.8 Å². The molecular weight excluding hydrogens is 228 g/mol. The van der Waals surface area contributed by atoms with E-state index in [1.54, 1.807) is 0 Å². The predicted octanol–water partition coefficient (Wildman–Crippen LogP) is -0.120. The standard InChI is InChI=1S/C10H16N2O5/c1-2-17-7-3-6-11-10(16)12-8(13)4-5-9(14)15/h4-5H,2-3,6-7H2,1H3,(H,14,15)(H2,11,12,13,16)/b5-4+. The summed E-state index contributed by atoms with van der Waals surface area (Å²) >= 11 is 0. The third-order valence-electron chi connectivity index (χ3n) is 1.57. The van der Waals surface area contributed by atoms with E-state index in [1.807, 2.05) is 12.2 Å². The average Bonchev–Trinajstić information content (AvgIpc) is 2.26. The van der Waals surface area contributed by atoms with Crippen molar-refractivity contribution >= 4 is 17.9 Å². The predicted molar refractivity (Wildman–Crippen MR) is 59.4 cm³/mol. The first-order chi connectivity index (χ1) is 8.06. The fraction of sp³-hybridized carbons (Fsp3) is 0.500. The number of ether oxygens (including phenoxy) is 1. The van der Waals surface area contributed by atoms with E-state index in [-0.39, 0.29) is 0 Å². The van der Waals surface area contributed by atoms with Crippen molar-refractivity contribution < 1.29 is 24.2 Å². The van der Waals surface area contributed by atoms with Crippen LogP contribution in [-0.2, 0) is 14.3 Å². The van der Waals surface area contributed by atoms with Crippen LogP contribution in [0, 0.1) is 0 Å². The fourth-order valence-electron chi connectivity index (χ4n) is 0.865. The van der Waals surface area contributed by atoms with E-state index in [9.17, 15) is 14.4 Å². The molecule has 0 bridgehead atoms. The minimum absolute atomic E-state index is 0.377. The van der Waals surface area contributed by atoms with Crippen LogP contribution in [0.4, 0.5) is 4.79 Å². The van der Waals surface area contributed by atoms with E-state index in [0.29, 0.717) is 32.3 Å². The van der Waals surface area contributed by atoms with E-state index < -0.39 is 17.9 Å². The summed E-state index contributed by atoms with van der Waals surface area (Å²) in [6, 6.07) is -0.665. The van der Waals surface area contributed by atoms with Crippen molar-refractivity contribution in [3.63, 3.8) is 0 Å². The SMILES string of the molecule is CCOCCCNC(=O)NC(=O)/C=C/C(=O)O. The molecule has 17 heavy (non-hydrogen) atoms. The molecule has 0 saturated heterocycles. The maximum atomic E-state index is 11.1. The van der Waals surface area contributed by atoms with Gasteiger partial charge in [0.05, 0.1) is 0 Å². The molecule has 0 saturated carbocycles. The summed E-state index contributed by atoms with van der Waals surface area (Å²) in [5, 5.41) is 12.6. The summed E-state index contributed by atoms with van der Waals surface area (Å²) in [5.74, 6) is -2.04. The molecule has 7 nitrogen and oxygen atoms in total. The second-order valence-corrected chi connectivity index (χ2v) is 2.97. The molecule has 0 heterocycles. The lowest BCUT2D eigenvalue weighted by molar-refractivity contribution is -0.131. The number of aliphatic carboxylic acids is 1. The lowest BCUT2D eigenvalue weighted by Gasteiger charge is -2.04. The van der Waals surface area contributed by atoms with Crippen LogP contribution in [0.2, 0.25) is 0 Å². The lowest BCUT2D eigenvalue weighted by atomic mass is 10.4. The highest BCUT2D eigenvalue weighted by Crippen LogP contribution is 1.80. The summed E-state index contributed by atoms with van der Waals surface area (Å²) in [6.45, 7) is 3.39. The molecule has 3 amide bonds. The minimum Gasteiger partial charge on any atom is -0.478 e. The highest BCUT2D eigenvalue weighted by atomic mass is 16.5. The van der Waals surface area contributed by atoms with Gasteiger partial charge in [-0.1, -0.05) is 0 Å². The Morgan fingerprint density at radius 3 is 2.59 bits per heavy atom. The van der Waals surface area contributed by atoms with Crippen LogP contribution < -0.4 is 10.6 Å². The summed E-state index contributed by atoms with van der Waals surface area (Å²) in [6.07, 6.45) is 2.06. The third-order valence-corrected chi connectivity index (χ3v) is 1.57. The van der Waals surface area contributed by atoms with Gasteiger partial charge in [-0.3, -0.25) is 10.1 Å². The molecule has 0 aliphatic heterocycles. The monoisotopic (exact) mass is 244 g/mol. The maximum absolute atomic E-state index is 11.1. The number of nitrogens with one attached hydrogen (secondary N) is 2. The molecule has 0 fully saturated rings. The largest absolute Gasteiger partial charge is 0.478 e. The molecule has 96 valence electrons. The molecule has 3 N–H and O–H groups in total. The second-order valence-electron chi connectivity index (χ2n) is 2.97. The molecule has 0 aliphatic carbocycles.